The third-order valence-electron chi connectivity index (χ3n) is 5.19. The molecule has 0 radical (unpaired) electrons. The molecule has 2 amide bonds. The number of nitrogens with one attached hydrogen (secondary N) is 1. The highest BCUT2D eigenvalue weighted by Gasteiger charge is 2.26. The summed E-state index contributed by atoms with van der Waals surface area (Å²) >= 11 is 0. The van der Waals surface area contributed by atoms with Gasteiger partial charge < -0.3 is 19.7 Å². The van der Waals surface area contributed by atoms with Gasteiger partial charge in [-0.25, -0.2) is 0 Å². The summed E-state index contributed by atoms with van der Waals surface area (Å²) in [5, 5.41) is 13.9. The fourth-order valence-corrected chi connectivity index (χ4v) is 3.23. The smallest absolute Gasteiger partial charge is 0.311 e. The number of unbranched alkanes of at least 4 members (excludes halogenated alkanes) is 1. The number of hydrogen-bond acceptors (Lipinski definition) is 6. The standard InChI is InChI=1S/C24H31N3O6/c1-4-5-14-25-24(29)18(2)26(15-13-19-9-7-6-8-10-19)23(28)17-33-20-11-12-21(27(30)31)22(16-20)32-3/h6-12,16,18H,4-5,13-15,17H2,1-3H3,(H,25,29)/t18-/m0/s1. The van der Waals surface area contributed by atoms with Crippen LogP contribution in [0.3, 0.4) is 0 Å². The average molecular weight is 458 g/mol. The van der Waals surface area contributed by atoms with Crippen LogP contribution < -0.4 is 14.8 Å². The number of amides is 2. The third kappa shape index (κ3) is 7.78. The van der Waals surface area contributed by atoms with Crippen LogP contribution in [0.5, 0.6) is 11.5 Å². The van der Waals surface area contributed by atoms with Gasteiger partial charge in [-0.15, -0.1) is 0 Å². The highest BCUT2D eigenvalue weighted by atomic mass is 16.6. The molecule has 9 nitrogen and oxygen atoms in total. The van der Waals surface area contributed by atoms with Crippen molar-refractivity contribution in [2.45, 2.75) is 39.2 Å². The van der Waals surface area contributed by atoms with Crippen molar-refractivity contribution in [3.63, 3.8) is 0 Å². The van der Waals surface area contributed by atoms with E-state index in [1.165, 1.54) is 30.2 Å². The number of carbonyl (C=O) groups is 2. The van der Waals surface area contributed by atoms with Crippen LogP contribution in [-0.2, 0) is 16.0 Å². The molecular formula is C24H31N3O6. The van der Waals surface area contributed by atoms with Gasteiger partial charge in [-0.3, -0.25) is 19.7 Å². The van der Waals surface area contributed by atoms with E-state index in [0.29, 0.717) is 19.5 Å². The van der Waals surface area contributed by atoms with Crippen molar-refractivity contribution in [3.8, 4) is 11.5 Å². The molecule has 2 aromatic carbocycles. The van der Waals surface area contributed by atoms with E-state index in [0.717, 1.165) is 18.4 Å². The molecule has 0 unspecified atom stereocenters. The minimum absolute atomic E-state index is 0.0366. The number of nitro groups is 1. The zero-order valence-electron chi connectivity index (χ0n) is 19.3. The highest BCUT2D eigenvalue weighted by molar-refractivity contribution is 5.88. The van der Waals surface area contributed by atoms with Crippen molar-refractivity contribution in [3.05, 3.63) is 64.2 Å². The van der Waals surface area contributed by atoms with Gasteiger partial charge in [0.1, 0.15) is 11.8 Å². The van der Waals surface area contributed by atoms with Crippen LogP contribution in [0.25, 0.3) is 0 Å². The van der Waals surface area contributed by atoms with Crippen LogP contribution in [0, 0.1) is 10.1 Å². The van der Waals surface area contributed by atoms with Crippen molar-refractivity contribution in [1.82, 2.24) is 10.2 Å². The average Bonchev–Trinajstić information content (AvgIpc) is 2.83. The van der Waals surface area contributed by atoms with Crippen molar-refractivity contribution in [2.75, 3.05) is 26.8 Å². The number of hydrogen-bond donors (Lipinski definition) is 1. The van der Waals surface area contributed by atoms with E-state index in [4.69, 9.17) is 9.47 Å². The molecule has 0 saturated carbocycles. The van der Waals surface area contributed by atoms with Crippen molar-refractivity contribution in [2.24, 2.45) is 0 Å². The number of ether oxygens (including phenoxy) is 2. The van der Waals surface area contributed by atoms with E-state index in [-0.39, 0.29) is 35.6 Å². The molecule has 0 aliphatic heterocycles. The number of nitro benzene ring substituents is 1. The summed E-state index contributed by atoms with van der Waals surface area (Å²) in [6.45, 7) is 4.31. The van der Waals surface area contributed by atoms with E-state index in [2.05, 4.69) is 5.32 Å². The number of rotatable bonds is 13. The maximum absolute atomic E-state index is 13.0. The van der Waals surface area contributed by atoms with Crippen molar-refractivity contribution >= 4 is 17.5 Å². The summed E-state index contributed by atoms with van der Waals surface area (Å²) in [5.74, 6) is -0.285. The van der Waals surface area contributed by atoms with Gasteiger partial charge in [-0.05, 0) is 31.4 Å². The Morgan fingerprint density at radius 2 is 1.91 bits per heavy atom. The Morgan fingerprint density at radius 1 is 1.18 bits per heavy atom. The molecule has 0 fully saturated rings. The lowest BCUT2D eigenvalue weighted by molar-refractivity contribution is -0.385. The van der Waals surface area contributed by atoms with Crippen LogP contribution in [0.2, 0.25) is 0 Å². The second kappa shape index (κ2) is 13.0. The first-order chi connectivity index (χ1) is 15.9. The minimum Gasteiger partial charge on any atom is -0.490 e. The predicted molar refractivity (Wildman–Crippen MR) is 124 cm³/mol. The molecule has 1 N–H and O–H groups in total. The molecule has 0 bridgehead atoms. The van der Waals surface area contributed by atoms with Gasteiger partial charge in [-0.2, -0.15) is 0 Å². The van der Waals surface area contributed by atoms with Gasteiger partial charge in [0.2, 0.25) is 11.7 Å². The lowest BCUT2D eigenvalue weighted by Gasteiger charge is -2.28. The van der Waals surface area contributed by atoms with Crippen LogP contribution in [-0.4, -0.2) is 54.5 Å². The van der Waals surface area contributed by atoms with Crippen molar-refractivity contribution < 1.29 is 24.0 Å². The van der Waals surface area contributed by atoms with Gasteiger partial charge in [0.25, 0.3) is 5.91 Å². The van der Waals surface area contributed by atoms with E-state index in [9.17, 15) is 19.7 Å². The Labute approximate surface area is 193 Å². The van der Waals surface area contributed by atoms with E-state index < -0.39 is 11.0 Å². The first kappa shape index (κ1) is 25.6. The number of benzene rings is 2. The Balaban J connectivity index is 2.09. The molecule has 0 heterocycles. The van der Waals surface area contributed by atoms with Crippen LogP contribution >= 0.6 is 0 Å². The third-order valence-corrected chi connectivity index (χ3v) is 5.19. The molecule has 2 aromatic rings. The topological polar surface area (TPSA) is 111 Å². The summed E-state index contributed by atoms with van der Waals surface area (Å²) in [4.78, 5) is 37.6. The molecule has 0 spiro atoms. The lowest BCUT2D eigenvalue weighted by Crippen LogP contribution is -2.50. The summed E-state index contributed by atoms with van der Waals surface area (Å²) in [7, 11) is 1.32. The number of nitrogens with zero attached hydrogens (tertiary/aromatic N) is 2. The van der Waals surface area contributed by atoms with Crippen LogP contribution in [0.15, 0.2) is 48.5 Å². The molecule has 0 saturated heterocycles. The molecule has 2 rings (SSSR count). The maximum atomic E-state index is 13.0. The number of methoxy groups -OCH3 is 1. The summed E-state index contributed by atoms with van der Waals surface area (Å²) in [6, 6.07) is 13.1. The molecule has 0 aliphatic rings. The van der Waals surface area contributed by atoms with Crippen molar-refractivity contribution in [1.29, 1.82) is 0 Å². The molecule has 178 valence electrons. The van der Waals surface area contributed by atoms with Gasteiger partial charge in [0.05, 0.1) is 12.0 Å². The molecule has 9 heteroatoms. The molecule has 33 heavy (non-hydrogen) atoms. The second-order valence-corrected chi connectivity index (χ2v) is 7.52. The quantitative estimate of drug-likeness (QED) is 0.280. The summed E-state index contributed by atoms with van der Waals surface area (Å²) in [6.07, 6.45) is 2.41. The normalized spacial score (nSPS) is 11.4. The lowest BCUT2D eigenvalue weighted by atomic mass is 10.1. The SMILES string of the molecule is CCCCNC(=O)[C@H](C)N(CCc1ccccc1)C(=O)COc1ccc([N+](=O)[O-])c(OC)c1. The Hall–Kier alpha value is -3.62. The first-order valence-electron chi connectivity index (χ1n) is 10.9. The minimum atomic E-state index is -0.673. The van der Waals surface area contributed by atoms with Crippen LogP contribution in [0.4, 0.5) is 5.69 Å². The van der Waals surface area contributed by atoms with Gasteiger partial charge >= 0.3 is 5.69 Å². The van der Waals surface area contributed by atoms with E-state index >= 15 is 0 Å². The Kier molecular flexibility index (Phi) is 10.1. The molecule has 0 aromatic heterocycles. The largest absolute Gasteiger partial charge is 0.490 e. The fraction of sp³-hybridized carbons (Fsp3) is 0.417. The highest BCUT2D eigenvalue weighted by Crippen LogP contribution is 2.30. The monoisotopic (exact) mass is 457 g/mol. The van der Waals surface area contributed by atoms with Gasteiger partial charge in [-0.1, -0.05) is 43.7 Å². The van der Waals surface area contributed by atoms with E-state index in [1.54, 1.807) is 6.92 Å². The van der Waals surface area contributed by atoms with Gasteiger partial charge in [0, 0.05) is 25.2 Å². The summed E-state index contributed by atoms with van der Waals surface area (Å²) < 4.78 is 10.6. The summed E-state index contributed by atoms with van der Waals surface area (Å²) in [5.41, 5.74) is 0.855. The molecule has 1 atom stereocenters. The predicted octanol–water partition coefficient (Wildman–Crippen LogP) is 3.36. The fourth-order valence-electron chi connectivity index (χ4n) is 3.23. The second-order valence-electron chi connectivity index (χ2n) is 7.52. The first-order valence-corrected chi connectivity index (χ1v) is 10.9. The Bertz CT molecular complexity index is 935. The zero-order chi connectivity index (χ0) is 24.2. The number of carbonyl (C=O) groups excluding carboxylic acids is 2. The molecule has 0 aliphatic carbocycles. The van der Waals surface area contributed by atoms with Gasteiger partial charge in [0.15, 0.2) is 6.61 Å². The maximum Gasteiger partial charge on any atom is 0.311 e. The molecular weight excluding hydrogens is 426 g/mol. The zero-order valence-corrected chi connectivity index (χ0v) is 19.3. The van der Waals surface area contributed by atoms with Crippen LogP contribution in [0.1, 0.15) is 32.3 Å². The Morgan fingerprint density at radius 3 is 2.55 bits per heavy atom. The van der Waals surface area contributed by atoms with E-state index in [1.807, 2.05) is 37.3 Å².